The van der Waals surface area contributed by atoms with Crippen LogP contribution in [0.15, 0.2) is 30.4 Å². The average molecular weight is 331 g/mol. The second-order valence-electron chi connectivity index (χ2n) is 6.06. The normalized spacial score (nSPS) is 16.4. The number of carbonyl (C=O) groups excluding carboxylic acids is 2. The molecular weight excluding hydrogens is 306 g/mol. The molecular formula is C18H25N3O3. The number of urea groups is 1. The van der Waals surface area contributed by atoms with E-state index in [0.29, 0.717) is 36.0 Å². The Balaban J connectivity index is 2.13. The molecule has 130 valence electrons. The van der Waals surface area contributed by atoms with Crippen LogP contribution in [0.4, 0.5) is 16.2 Å². The minimum Gasteiger partial charge on any atom is -0.495 e. The second-order valence-corrected chi connectivity index (χ2v) is 6.06. The van der Waals surface area contributed by atoms with Crippen molar-refractivity contribution in [2.45, 2.75) is 33.2 Å². The first-order chi connectivity index (χ1) is 11.5. The van der Waals surface area contributed by atoms with Crippen LogP contribution in [0.3, 0.4) is 0 Å². The van der Waals surface area contributed by atoms with Crippen LogP contribution in [0.2, 0.25) is 0 Å². The number of hydrogen-bond donors (Lipinski definition) is 2. The summed E-state index contributed by atoms with van der Waals surface area (Å²) in [6.45, 7) is 6.56. The highest BCUT2D eigenvalue weighted by molar-refractivity contribution is 5.95. The van der Waals surface area contributed by atoms with E-state index in [-0.39, 0.29) is 18.0 Å². The number of amides is 3. The van der Waals surface area contributed by atoms with Gasteiger partial charge in [-0.15, -0.1) is 0 Å². The Hall–Kier alpha value is -2.50. The van der Waals surface area contributed by atoms with Crippen molar-refractivity contribution < 1.29 is 14.3 Å². The number of carbonyl (C=O) groups is 2. The molecule has 0 aliphatic carbocycles. The third-order valence-corrected chi connectivity index (χ3v) is 3.99. The lowest BCUT2D eigenvalue weighted by Gasteiger charge is -2.27. The van der Waals surface area contributed by atoms with Crippen molar-refractivity contribution in [2.75, 3.05) is 24.3 Å². The minimum atomic E-state index is -0.156. The van der Waals surface area contributed by atoms with Crippen LogP contribution in [0, 0.1) is 5.92 Å². The fourth-order valence-corrected chi connectivity index (χ4v) is 2.66. The molecule has 6 heteroatoms. The number of benzene rings is 1. The summed E-state index contributed by atoms with van der Waals surface area (Å²) in [4.78, 5) is 26.0. The first-order valence-corrected chi connectivity index (χ1v) is 8.18. The molecule has 0 fully saturated rings. The van der Waals surface area contributed by atoms with Crippen molar-refractivity contribution in [3.63, 3.8) is 0 Å². The van der Waals surface area contributed by atoms with Gasteiger partial charge in [0.1, 0.15) is 5.75 Å². The second kappa shape index (κ2) is 7.86. The Morgan fingerprint density at radius 2 is 2.08 bits per heavy atom. The SMILES string of the molecule is CCC(=O)Nc1cc(NC(=O)N2CC=C[C@H]2C(C)C)ccc1OC. The molecule has 2 N–H and O–H groups in total. The summed E-state index contributed by atoms with van der Waals surface area (Å²) >= 11 is 0. The Kier molecular flexibility index (Phi) is 5.84. The monoisotopic (exact) mass is 331 g/mol. The zero-order valence-electron chi connectivity index (χ0n) is 14.6. The van der Waals surface area contributed by atoms with Gasteiger partial charge in [0.15, 0.2) is 0 Å². The van der Waals surface area contributed by atoms with Gasteiger partial charge in [-0.2, -0.15) is 0 Å². The van der Waals surface area contributed by atoms with Crippen molar-refractivity contribution in [2.24, 2.45) is 5.92 Å². The molecule has 0 radical (unpaired) electrons. The maximum absolute atomic E-state index is 12.5. The largest absolute Gasteiger partial charge is 0.495 e. The highest BCUT2D eigenvalue weighted by Crippen LogP contribution is 2.28. The van der Waals surface area contributed by atoms with Crippen LogP contribution >= 0.6 is 0 Å². The van der Waals surface area contributed by atoms with Crippen molar-refractivity contribution in [3.05, 3.63) is 30.4 Å². The van der Waals surface area contributed by atoms with E-state index in [1.54, 1.807) is 37.1 Å². The Morgan fingerprint density at radius 1 is 1.33 bits per heavy atom. The smallest absolute Gasteiger partial charge is 0.322 e. The molecule has 24 heavy (non-hydrogen) atoms. The van der Waals surface area contributed by atoms with Crippen LogP contribution < -0.4 is 15.4 Å². The lowest BCUT2D eigenvalue weighted by molar-refractivity contribution is -0.115. The summed E-state index contributed by atoms with van der Waals surface area (Å²) in [5.74, 6) is 0.794. The number of methoxy groups -OCH3 is 1. The summed E-state index contributed by atoms with van der Waals surface area (Å²) < 4.78 is 5.25. The number of nitrogens with one attached hydrogen (secondary N) is 2. The van der Waals surface area contributed by atoms with Crippen LogP contribution in [0.1, 0.15) is 27.2 Å². The molecule has 0 saturated carbocycles. The van der Waals surface area contributed by atoms with Crippen LogP contribution in [0.25, 0.3) is 0 Å². The van der Waals surface area contributed by atoms with Gasteiger partial charge in [-0.25, -0.2) is 4.79 Å². The first kappa shape index (κ1) is 17.8. The molecule has 1 aliphatic heterocycles. The van der Waals surface area contributed by atoms with Crippen LogP contribution in [0.5, 0.6) is 5.75 Å². The van der Waals surface area contributed by atoms with Crippen molar-refractivity contribution in [3.8, 4) is 5.75 Å². The summed E-state index contributed by atoms with van der Waals surface area (Å²) in [5.41, 5.74) is 1.16. The van der Waals surface area contributed by atoms with Crippen molar-refractivity contribution >= 4 is 23.3 Å². The van der Waals surface area contributed by atoms with E-state index in [9.17, 15) is 9.59 Å². The maximum atomic E-state index is 12.5. The van der Waals surface area contributed by atoms with Crippen LogP contribution in [-0.2, 0) is 4.79 Å². The molecule has 0 aromatic heterocycles. The number of nitrogens with zero attached hydrogens (tertiary/aromatic N) is 1. The van der Waals surface area contributed by atoms with Gasteiger partial charge in [0.05, 0.1) is 18.8 Å². The lowest BCUT2D eigenvalue weighted by Crippen LogP contribution is -2.41. The molecule has 1 aromatic rings. The van der Waals surface area contributed by atoms with Gasteiger partial charge in [-0.1, -0.05) is 32.9 Å². The Labute approximate surface area is 142 Å². The topological polar surface area (TPSA) is 70.7 Å². The van der Waals surface area contributed by atoms with E-state index in [1.165, 1.54) is 0 Å². The zero-order chi connectivity index (χ0) is 17.7. The molecule has 0 spiro atoms. The van der Waals surface area contributed by atoms with Gasteiger partial charge in [-0.3, -0.25) is 4.79 Å². The minimum absolute atomic E-state index is 0.0995. The fraction of sp³-hybridized carbons (Fsp3) is 0.444. The molecule has 3 amide bonds. The summed E-state index contributed by atoms with van der Waals surface area (Å²) in [6.07, 6.45) is 4.44. The van der Waals surface area contributed by atoms with Gasteiger partial charge in [-0.05, 0) is 24.1 Å². The molecule has 1 aliphatic rings. The van der Waals surface area contributed by atoms with Crippen LogP contribution in [-0.4, -0.2) is 36.5 Å². The van der Waals surface area contributed by atoms with E-state index in [0.717, 1.165) is 0 Å². The third kappa shape index (κ3) is 4.07. The first-order valence-electron chi connectivity index (χ1n) is 8.18. The van der Waals surface area contributed by atoms with Gasteiger partial charge >= 0.3 is 6.03 Å². The van der Waals surface area contributed by atoms with E-state index < -0.39 is 0 Å². The van der Waals surface area contributed by atoms with Gasteiger partial charge in [0.2, 0.25) is 5.91 Å². The van der Waals surface area contributed by atoms with E-state index in [1.807, 2.05) is 6.08 Å². The number of anilines is 2. The zero-order valence-corrected chi connectivity index (χ0v) is 14.6. The molecule has 1 atom stereocenters. The predicted molar refractivity (Wildman–Crippen MR) is 95.4 cm³/mol. The third-order valence-electron chi connectivity index (χ3n) is 3.99. The molecule has 0 bridgehead atoms. The molecule has 0 saturated heterocycles. The van der Waals surface area contributed by atoms with Gasteiger partial charge in [0, 0.05) is 18.7 Å². The van der Waals surface area contributed by atoms with Crippen molar-refractivity contribution in [1.82, 2.24) is 4.90 Å². The lowest BCUT2D eigenvalue weighted by atomic mass is 10.1. The molecule has 1 heterocycles. The highest BCUT2D eigenvalue weighted by atomic mass is 16.5. The molecule has 0 unspecified atom stereocenters. The molecule has 6 nitrogen and oxygen atoms in total. The Bertz CT molecular complexity index is 640. The van der Waals surface area contributed by atoms with Gasteiger partial charge in [0.25, 0.3) is 0 Å². The standard InChI is InChI=1S/C18H25N3O3/c1-5-17(22)20-14-11-13(8-9-16(14)24-4)19-18(23)21-10-6-7-15(21)12(2)3/h6-9,11-12,15H,5,10H2,1-4H3,(H,19,23)(H,20,22)/t15-/m0/s1. The van der Waals surface area contributed by atoms with Gasteiger partial charge < -0.3 is 20.3 Å². The number of ether oxygens (including phenoxy) is 1. The molecule has 1 aromatic carbocycles. The van der Waals surface area contributed by atoms with E-state index >= 15 is 0 Å². The van der Waals surface area contributed by atoms with Crippen molar-refractivity contribution in [1.29, 1.82) is 0 Å². The summed E-state index contributed by atoms with van der Waals surface area (Å²) in [7, 11) is 1.54. The average Bonchev–Trinajstić information content (AvgIpc) is 3.05. The maximum Gasteiger partial charge on any atom is 0.322 e. The highest BCUT2D eigenvalue weighted by Gasteiger charge is 2.27. The van der Waals surface area contributed by atoms with E-state index in [2.05, 4.69) is 30.6 Å². The quantitative estimate of drug-likeness (QED) is 0.812. The fourth-order valence-electron chi connectivity index (χ4n) is 2.66. The summed E-state index contributed by atoms with van der Waals surface area (Å²) in [6, 6.07) is 5.13. The number of rotatable bonds is 5. The number of hydrogen-bond acceptors (Lipinski definition) is 3. The predicted octanol–water partition coefficient (Wildman–Crippen LogP) is 3.47. The summed E-state index contributed by atoms with van der Waals surface area (Å²) in [5, 5.41) is 5.67. The Morgan fingerprint density at radius 3 is 2.71 bits per heavy atom. The van der Waals surface area contributed by atoms with E-state index in [4.69, 9.17) is 4.74 Å². The molecule has 2 rings (SSSR count).